The Balaban J connectivity index is 1.36. The van der Waals surface area contributed by atoms with Crippen LogP contribution in [0, 0.1) is 0 Å². The summed E-state index contributed by atoms with van der Waals surface area (Å²) in [5, 5.41) is 0. The Morgan fingerprint density at radius 3 is 2.41 bits per heavy atom. The van der Waals surface area contributed by atoms with E-state index in [-0.39, 0.29) is 25.2 Å². The third-order valence-corrected chi connectivity index (χ3v) is 6.08. The van der Waals surface area contributed by atoms with Crippen LogP contribution >= 0.6 is 0 Å². The lowest BCUT2D eigenvalue weighted by Gasteiger charge is -2.37. The van der Waals surface area contributed by atoms with Gasteiger partial charge in [0.25, 0.3) is 5.91 Å². The van der Waals surface area contributed by atoms with Gasteiger partial charge in [0.1, 0.15) is 13.2 Å². The number of hydrogen-bond donors (Lipinski definition) is 0. The number of benzene rings is 2. The second-order valence-electron chi connectivity index (χ2n) is 8.19. The van der Waals surface area contributed by atoms with Gasteiger partial charge in [-0.3, -0.25) is 9.69 Å². The molecule has 0 radical (unpaired) electrons. The fraction of sp³-hybridized carbons (Fsp3) is 0.360. The molecule has 2 amide bonds. The lowest BCUT2D eigenvalue weighted by atomic mass is 10.0. The van der Waals surface area contributed by atoms with E-state index in [2.05, 4.69) is 0 Å². The molecule has 2 heterocycles. The maximum Gasteiger partial charge on any atom is 0.410 e. The topological polar surface area (TPSA) is 102 Å². The van der Waals surface area contributed by atoms with Crippen LogP contribution in [-0.4, -0.2) is 72.6 Å². The molecular weight excluding hydrogens is 440 g/mol. The smallest absolute Gasteiger partial charge is 0.410 e. The summed E-state index contributed by atoms with van der Waals surface area (Å²) in [6.45, 7) is 0.880. The molecule has 2 saturated heterocycles. The minimum Gasteiger partial charge on any atom is -0.465 e. The average Bonchev–Trinajstić information content (AvgIpc) is 3.28. The maximum atomic E-state index is 12.9. The molecule has 0 saturated carbocycles. The Kier molecular flexibility index (Phi) is 7.10. The van der Waals surface area contributed by atoms with Crippen molar-refractivity contribution in [1.29, 1.82) is 0 Å². The number of likely N-dealkylation sites (tertiary alicyclic amines) is 1. The minimum atomic E-state index is -0.805. The van der Waals surface area contributed by atoms with Crippen LogP contribution in [0.5, 0.6) is 0 Å². The van der Waals surface area contributed by atoms with Gasteiger partial charge >= 0.3 is 18.0 Å². The zero-order valence-corrected chi connectivity index (χ0v) is 18.8. The normalized spacial score (nSPS) is 18.4. The molecule has 0 aliphatic carbocycles. The molecule has 2 aliphatic heterocycles. The first-order valence-corrected chi connectivity index (χ1v) is 11.1. The van der Waals surface area contributed by atoms with E-state index in [4.69, 9.17) is 14.2 Å². The molecule has 4 rings (SSSR count). The third kappa shape index (κ3) is 5.03. The van der Waals surface area contributed by atoms with E-state index in [1.54, 1.807) is 23.1 Å². The van der Waals surface area contributed by atoms with Crippen LogP contribution in [0.2, 0.25) is 0 Å². The van der Waals surface area contributed by atoms with Crippen LogP contribution in [0.15, 0.2) is 54.6 Å². The van der Waals surface area contributed by atoms with Crippen molar-refractivity contribution in [2.24, 2.45) is 0 Å². The van der Waals surface area contributed by atoms with Crippen molar-refractivity contribution in [2.75, 3.05) is 26.8 Å². The summed E-state index contributed by atoms with van der Waals surface area (Å²) in [6.07, 6.45) is 0.456. The molecule has 34 heavy (non-hydrogen) atoms. The fourth-order valence-electron chi connectivity index (χ4n) is 4.27. The highest BCUT2D eigenvalue weighted by atomic mass is 16.6. The summed E-state index contributed by atoms with van der Waals surface area (Å²) in [5.41, 5.74) is 1.56. The van der Waals surface area contributed by atoms with E-state index in [0.29, 0.717) is 37.1 Å². The molecule has 0 aromatic heterocycles. The molecule has 2 aromatic carbocycles. The van der Waals surface area contributed by atoms with Crippen LogP contribution in [-0.2, 0) is 25.6 Å². The number of rotatable bonds is 6. The summed E-state index contributed by atoms with van der Waals surface area (Å²) in [4.78, 5) is 52.9. The molecule has 0 unspecified atom stereocenters. The summed E-state index contributed by atoms with van der Waals surface area (Å²) >= 11 is 0. The van der Waals surface area contributed by atoms with Gasteiger partial charge in [0.15, 0.2) is 6.04 Å². The molecule has 0 bridgehead atoms. The van der Waals surface area contributed by atoms with Gasteiger partial charge in [-0.25, -0.2) is 14.4 Å². The van der Waals surface area contributed by atoms with Gasteiger partial charge in [-0.15, -0.1) is 0 Å². The molecule has 0 N–H and O–H groups in total. The molecule has 2 aliphatic rings. The van der Waals surface area contributed by atoms with Crippen molar-refractivity contribution in [3.05, 3.63) is 71.3 Å². The van der Waals surface area contributed by atoms with Gasteiger partial charge in [0, 0.05) is 24.7 Å². The zero-order chi connectivity index (χ0) is 24.1. The van der Waals surface area contributed by atoms with Gasteiger partial charge in [-0.2, -0.15) is 0 Å². The van der Waals surface area contributed by atoms with Crippen LogP contribution in [0.3, 0.4) is 0 Å². The molecule has 9 nitrogen and oxygen atoms in total. The van der Waals surface area contributed by atoms with Crippen molar-refractivity contribution in [3.63, 3.8) is 0 Å². The number of cyclic esters (lactones) is 1. The van der Waals surface area contributed by atoms with Crippen molar-refractivity contribution < 1.29 is 33.4 Å². The number of nitrogens with zero attached hydrogens (tertiary/aromatic N) is 2. The van der Waals surface area contributed by atoms with E-state index in [9.17, 15) is 19.2 Å². The molecule has 178 valence electrons. The number of carbonyl (C=O) groups excluding carboxylic acids is 4. The van der Waals surface area contributed by atoms with Crippen LogP contribution in [0.25, 0.3) is 0 Å². The SMILES string of the molecule is COC(=O)c1cccc(C(=O)N2CCC(N3C(=O)OC[C@H]3C(=O)OCc3ccccc3)CC2)c1. The van der Waals surface area contributed by atoms with Crippen molar-refractivity contribution in [2.45, 2.75) is 31.5 Å². The summed E-state index contributed by atoms with van der Waals surface area (Å²) in [7, 11) is 1.29. The van der Waals surface area contributed by atoms with Gasteiger partial charge in [-0.1, -0.05) is 36.4 Å². The first-order chi connectivity index (χ1) is 16.5. The standard InChI is InChI=1S/C25H26N2O7/c1-32-23(29)19-9-5-8-18(14-19)22(28)26-12-10-20(11-13-26)27-21(16-34-25(27)31)24(30)33-15-17-6-3-2-4-7-17/h2-9,14,20-21H,10-13,15-16H2,1H3/t21-/m0/s1. The molecular formula is C25H26N2O7. The first kappa shape index (κ1) is 23.3. The third-order valence-electron chi connectivity index (χ3n) is 6.08. The summed E-state index contributed by atoms with van der Waals surface area (Å²) < 4.78 is 15.3. The lowest BCUT2D eigenvalue weighted by Crippen LogP contribution is -2.52. The van der Waals surface area contributed by atoms with Crippen molar-refractivity contribution in [1.82, 2.24) is 9.80 Å². The Bertz CT molecular complexity index is 1060. The van der Waals surface area contributed by atoms with E-state index in [0.717, 1.165) is 5.56 Å². The minimum absolute atomic E-state index is 0.0497. The lowest BCUT2D eigenvalue weighted by molar-refractivity contribution is -0.150. The van der Waals surface area contributed by atoms with Gasteiger partial charge in [-0.05, 0) is 36.6 Å². The number of ether oxygens (including phenoxy) is 3. The number of amides is 2. The summed E-state index contributed by atoms with van der Waals surface area (Å²) in [6, 6.07) is 14.6. The van der Waals surface area contributed by atoms with E-state index < -0.39 is 24.1 Å². The summed E-state index contributed by atoms with van der Waals surface area (Å²) in [5.74, 6) is -1.22. The zero-order valence-electron chi connectivity index (χ0n) is 18.8. The number of methoxy groups -OCH3 is 1. The number of hydrogen-bond acceptors (Lipinski definition) is 7. The molecule has 2 fully saturated rings. The highest BCUT2D eigenvalue weighted by Gasteiger charge is 2.44. The van der Waals surface area contributed by atoms with Crippen molar-refractivity contribution in [3.8, 4) is 0 Å². The van der Waals surface area contributed by atoms with E-state index in [1.165, 1.54) is 18.1 Å². The van der Waals surface area contributed by atoms with Gasteiger partial charge < -0.3 is 19.1 Å². The Morgan fingerprint density at radius 2 is 1.71 bits per heavy atom. The van der Waals surface area contributed by atoms with Gasteiger partial charge in [0.05, 0.1) is 12.7 Å². The van der Waals surface area contributed by atoms with Crippen LogP contribution in [0.1, 0.15) is 39.1 Å². The second kappa shape index (κ2) is 10.4. The van der Waals surface area contributed by atoms with Crippen molar-refractivity contribution >= 4 is 23.9 Å². The second-order valence-corrected chi connectivity index (χ2v) is 8.19. The number of carbonyl (C=O) groups is 4. The predicted octanol–water partition coefficient (Wildman–Crippen LogP) is 2.64. The fourth-order valence-corrected chi connectivity index (χ4v) is 4.27. The Hall–Kier alpha value is -3.88. The monoisotopic (exact) mass is 466 g/mol. The Labute approximate surface area is 197 Å². The number of esters is 2. The molecule has 0 spiro atoms. The van der Waals surface area contributed by atoms with E-state index in [1.807, 2.05) is 30.3 Å². The van der Waals surface area contributed by atoms with Crippen LogP contribution in [0.4, 0.5) is 4.79 Å². The predicted molar refractivity (Wildman–Crippen MR) is 120 cm³/mol. The van der Waals surface area contributed by atoms with Gasteiger partial charge in [0.2, 0.25) is 0 Å². The highest BCUT2D eigenvalue weighted by Crippen LogP contribution is 2.26. The number of piperidine rings is 1. The average molecular weight is 466 g/mol. The first-order valence-electron chi connectivity index (χ1n) is 11.1. The van der Waals surface area contributed by atoms with E-state index >= 15 is 0 Å². The quantitative estimate of drug-likeness (QED) is 0.476. The largest absolute Gasteiger partial charge is 0.465 e. The van der Waals surface area contributed by atoms with Crippen LogP contribution < -0.4 is 0 Å². The molecule has 1 atom stereocenters. The molecule has 9 heteroatoms. The maximum absolute atomic E-state index is 12.9. The Morgan fingerprint density at radius 1 is 1.00 bits per heavy atom. The molecule has 2 aromatic rings. The highest BCUT2D eigenvalue weighted by molar-refractivity contribution is 5.98.